The number of hydrogen-bond donors (Lipinski definition) is 1. The maximum Gasteiger partial charge on any atom is 0.251 e. The van der Waals surface area contributed by atoms with E-state index in [1.807, 2.05) is 37.4 Å². The first-order valence-corrected chi connectivity index (χ1v) is 11.7. The number of aromatic nitrogens is 1. The Morgan fingerprint density at radius 3 is 2.64 bits per heavy atom. The number of likely N-dealkylation sites (tertiary alicyclic amines) is 1. The number of carbonyl (C=O) groups excluding carboxylic acids is 1. The standard InChI is InChI=1S/C28H29N3O2/c1-2-29-28(32)21-10-11-25-26(17-21)33-19-22-7-3-4-9-24(22)27(25)20-12-15-31(16-13-20)18-23-8-5-6-14-30-23/h3-11,14,17H,2,12-13,15-16,18-19H2,1H3,(H,29,32). The van der Waals surface area contributed by atoms with E-state index in [0.717, 1.165) is 49.5 Å². The van der Waals surface area contributed by atoms with Gasteiger partial charge in [0.1, 0.15) is 12.4 Å². The maximum atomic E-state index is 12.4. The molecule has 33 heavy (non-hydrogen) atoms. The van der Waals surface area contributed by atoms with Gasteiger partial charge in [-0.2, -0.15) is 0 Å². The highest BCUT2D eigenvalue weighted by Crippen LogP contribution is 2.41. The van der Waals surface area contributed by atoms with Gasteiger partial charge in [0, 0.05) is 43.5 Å². The zero-order valence-electron chi connectivity index (χ0n) is 19.0. The Balaban J connectivity index is 1.48. The van der Waals surface area contributed by atoms with E-state index in [-0.39, 0.29) is 5.91 Å². The first kappa shape index (κ1) is 21.4. The lowest BCUT2D eigenvalue weighted by molar-refractivity contribution is 0.0955. The van der Waals surface area contributed by atoms with E-state index in [2.05, 4.69) is 51.6 Å². The summed E-state index contributed by atoms with van der Waals surface area (Å²) in [7, 11) is 0. The molecular weight excluding hydrogens is 410 g/mol. The molecule has 0 saturated carbocycles. The van der Waals surface area contributed by atoms with Crippen molar-refractivity contribution >= 4 is 11.5 Å². The number of piperidine rings is 1. The number of nitrogens with zero attached hydrogens (tertiary/aromatic N) is 2. The van der Waals surface area contributed by atoms with Crippen LogP contribution in [0.3, 0.4) is 0 Å². The molecule has 2 aliphatic heterocycles. The average molecular weight is 440 g/mol. The number of ether oxygens (including phenoxy) is 1. The van der Waals surface area contributed by atoms with Gasteiger partial charge in [-0.3, -0.25) is 14.7 Å². The summed E-state index contributed by atoms with van der Waals surface area (Å²) in [5.74, 6) is 0.719. The highest BCUT2D eigenvalue weighted by atomic mass is 16.5. The second-order valence-electron chi connectivity index (χ2n) is 8.59. The van der Waals surface area contributed by atoms with Gasteiger partial charge < -0.3 is 10.1 Å². The predicted octanol–water partition coefficient (Wildman–Crippen LogP) is 4.82. The van der Waals surface area contributed by atoms with E-state index < -0.39 is 0 Å². The Kier molecular flexibility index (Phi) is 6.22. The molecule has 2 aromatic carbocycles. The number of amides is 1. The van der Waals surface area contributed by atoms with Gasteiger partial charge in [0.2, 0.25) is 0 Å². The largest absolute Gasteiger partial charge is 0.488 e. The summed E-state index contributed by atoms with van der Waals surface area (Å²) < 4.78 is 6.23. The topological polar surface area (TPSA) is 54.5 Å². The quantitative estimate of drug-likeness (QED) is 0.633. The third-order valence-electron chi connectivity index (χ3n) is 6.45. The maximum absolute atomic E-state index is 12.4. The zero-order chi connectivity index (χ0) is 22.6. The number of nitrogens with one attached hydrogen (secondary N) is 1. The van der Waals surface area contributed by atoms with Crippen molar-refractivity contribution in [2.75, 3.05) is 19.6 Å². The number of rotatable bonds is 4. The van der Waals surface area contributed by atoms with Gasteiger partial charge in [0.25, 0.3) is 5.91 Å². The van der Waals surface area contributed by atoms with Crippen molar-refractivity contribution in [2.45, 2.75) is 32.9 Å². The molecular formula is C28H29N3O2. The number of hydrogen-bond acceptors (Lipinski definition) is 4. The molecule has 5 nitrogen and oxygen atoms in total. The van der Waals surface area contributed by atoms with Gasteiger partial charge in [0.05, 0.1) is 5.69 Å². The van der Waals surface area contributed by atoms with E-state index in [1.165, 1.54) is 22.3 Å². The summed E-state index contributed by atoms with van der Waals surface area (Å²) in [5, 5.41) is 2.88. The molecule has 1 amide bonds. The van der Waals surface area contributed by atoms with Crippen molar-refractivity contribution in [3.63, 3.8) is 0 Å². The van der Waals surface area contributed by atoms with Crippen LogP contribution in [0.1, 0.15) is 52.5 Å². The minimum absolute atomic E-state index is 0.0670. The Bertz CT molecular complexity index is 1180. The number of carbonyl (C=O) groups is 1. The van der Waals surface area contributed by atoms with Crippen LogP contribution in [-0.4, -0.2) is 35.4 Å². The van der Waals surface area contributed by atoms with E-state index in [4.69, 9.17) is 4.74 Å². The molecule has 0 atom stereocenters. The summed E-state index contributed by atoms with van der Waals surface area (Å²) in [6.07, 6.45) is 3.88. The zero-order valence-corrected chi connectivity index (χ0v) is 19.0. The van der Waals surface area contributed by atoms with E-state index in [9.17, 15) is 4.79 Å². The second kappa shape index (κ2) is 9.59. The van der Waals surface area contributed by atoms with E-state index >= 15 is 0 Å². The summed E-state index contributed by atoms with van der Waals surface area (Å²) in [5.41, 5.74) is 8.00. The molecule has 0 unspecified atom stereocenters. The smallest absolute Gasteiger partial charge is 0.251 e. The van der Waals surface area contributed by atoms with Gasteiger partial charge in [-0.05, 0) is 66.8 Å². The molecule has 1 saturated heterocycles. The highest BCUT2D eigenvalue weighted by molar-refractivity contribution is 5.96. The minimum Gasteiger partial charge on any atom is -0.488 e. The number of benzene rings is 2. The monoisotopic (exact) mass is 439 g/mol. The molecule has 0 aliphatic carbocycles. The van der Waals surface area contributed by atoms with Crippen molar-refractivity contribution < 1.29 is 9.53 Å². The third-order valence-corrected chi connectivity index (χ3v) is 6.45. The number of pyridine rings is 1. The molecule has 0 radical (unpaired) electrons. The van der Waals surface area contributed by atoms with E-state index in [0.29, 0.717) is 18.7 Å². The summed E-state index contributed by atoms with van der Waals surface area (Å²) in [6, 6.07) is 20.5. The molecule has 3 aromatic rings. The predicted molar refractivity (Wildman–Crippen MR) is 130 cm³/mol. The van der Waals surface area contributed by atoms with Crippen molar-refractivity contribution in [1.82, 2.24) is 15.2 Å². The summed E-state index contributed by atoms with van der Waals surface area (Å²) >= 11 is 0. The van der Waals surface area contributed by atoms with Crippen LogP contribution in [0.4, 0.5) is 0 Å². The highest BCUT2D eigenvalue weighted by Gasteiger charge is 2.25. The lowest BCUT2D eigenvalue weighted by Gasteiger charge is -2.30. The average Bonchev–Trinajstić information content (AvgIpc) is 3.02. The minimum atomic E-state index is -0.0670. The Morgan fingerprint density at radius 1 is 1.03 bits per heavy atom. The fourth-order valence-electron chi connectivity index (χ4n) is 4.78. The molecule has 3 heterocycles. The Morgan fingerprint density at radius 2 is 1.85 bits per heavy atom. The van der Waals surface area contributed by atoms with Gasteiger partial charge in [-0.15, -0.1) is 0 Å². The fraction of sp³-hybridized carbons (Fsp3) is 0.286. The summed E-state index contributed by atoms with van der Waals surface area (Å²) in [6.45, 7) is 5.93. The normalized spacial score (nSPS) is 15.8. The van der Waals surface area contributed by atoms with Crippen LogP contribution in [0, 0.1) is 0 Å². The molecule has 1 aromatic heterocycles. The van der Waals surface area contributed by atoms with Crippen molar-refractivity contribution in [1.29, 1.82) is 0 Å². The van der Waals surface area contributed by atoms with Crippen molar-refractivity contribution in [3.05, 3.63) is 100 Å². The third kappa shape index (κ3) is 4.55. The van der Waals surface area contributed by atoms with Gasteiger partial charge >= 0.3 is 0 Å². The van der Waals surface area contributed by atoms with Crippen LogP contribution in [-0.2, 0) is 13.2 Å². The van der Waals surface area contributed by atoms with Gasteiger partial charge in [0.15, 0.2) is 0 Å². The van der Waals surface area contributed by atoms with Gasteiger partial charge in [-0.25, -0.2) is 0 Å². The first-order chi connectivity index (χ1) is 16.2. The molecule has 0 bridgehead atoms. The Hall–Kier alpha value is -3.44. The summed E-state index contributed by atoms with van der Waals surface area (Å²) in [4.78, 5) is 19.4. The number of fused-ring (bicyclic) bond motifs is 2. The van der Waals surface area contributed by atoms with Crippen LogP contribution in [0.2, 0.25) is 0 Å². The van der Waals surface area contributed by atoms with Crippen LogP contribution >= 0.6 is 0 Å². The van der Waals surface area contributed by atoms with Crippen LogP contribution < -0.4 is 10.1 Å². The molecule has 0 spiro atoms. The lowest BCUT2D eigenvalue weighted by atomic mass is 9.86. The van der Waals surface area contributed by atoms with Crippen LogP contribution in [0.5, 0.6) is 5.75 Å². The lowest BCUT2D eigenvalue weighted by Crippen LogP contribution is -2.31. The van der Waals surface area contributed by atoms with Crippen molar-refractivity contribution in [3.8, 4) is 5.75 Å². The van der Waals surface area contributed by atoms with E-state index in [1.54, 1.807) is 0 Å². The van der Waals surface area contributed by atoms with Crippen molar-refractivity contribution in [2.24, 2.45) is 0 Å². The molecule has 5 heteroatoms. The van der Waals surface area contributed by atoms with Crippen LogP contribution in [0.15, 0.2) is 72.4 Å². The van der Waals surface area contributed by atoms with Gasteiger partial charge in [-0.1, -0.05) is 35.9 Å². The second-order valence-corrected chi connectivity index (χ2v) is 8.59. The molecule has 1 N–H and O–H groups in total. The molecule has 168 valence electrons. The molecule has 2 aliphatic rings. The first-order valence-electron chi connectivity index (χ1n) is 11.7. The Labute approximate surface area is 195 Å². The van der Waals surface area contributed by atoms with Crippen LogP contribution in [0.25, 0.3) is 5.57 Å². The fourth-order valence-corrected chi connectivity index (χ4v) is 4.78. The SMILES string of the molecule is CCNC(=O)c1ccc2c(c1)OCc1ccccc1C2=C1CCN(Cc2ccccn2)CC1. The molecule has 5 rings (SSSR count). The molecule has 1 fully saturated rings.